The number of hydrogen-bond donors (Lipinski definition) is 0. The highest BCUT2D eigenvalue weighted by Crippen LogP contribution is 2.25. The van der Waals surface area contributed by atoms with Gasteiger partial charge in [-0.25, -0.2) is 4.98 Å². The van der Waals surface area contributed by atoms with E-state index in [1.807, 2.05) is 17.0 Å². The molecule has 1 amide bonds. The second-order valence-electron chi connectivity index (χ2n) is 6.20. The van der Waals surface area contributed by atoms with Crippen molar-refractivity contribution in [3.05, 3.63) is 45.9 Å². The molecule has 0 bridgehead atoms. The van der Waals surface area contributed by atoms with Crippen molar-refractivity contribution in [1.29, 1.82) is 5.26 Å². The first kappa shape index (κ1) is 16.1. The molecule has 2 aromatic rings. The van der Waals surface area contributed by atoms with Crippen LogP contribution in [0.15, 0.2) is 29.8 Å². The zero-order chi connectivity index (χ0) is 17.2. The molecule has 25 heavy (non-hydrogen) atoms. The van der Waals surface area contributed by atoms with Gasteiger partial charge in [0, 0.05) is 24.5 Å². The molecular formula is C18H18N4O2S. The number of amides is 1. The maximum atomic E-state index is 12.9. The molecule has 2 aliphatic rings. The molecule has 4 rings (SSSR count). The van der Waals surface area contributed by atoms with E-state index in [-0.39, 0.29) is 5.91 Å². The van der Waals surface area contributed by atoms with E-state index < -0.39 is 6.10 Å². The summed E-state index contributed by atoms with van der Waals surface area (Å²) in [6, 6.07) is 7.70. The smallest absolute Gasteiger partial charge is 0.253 e. The average Bonchev–Trinajstić information content (AvgIpc) is 3.15. The maximum absolute atomic E-state index is 12.9. The fourth-order valence-corrected chi connectivity index (χ4v) is 4.20. The number of nitrogens with zero attached hydrogens (tertiary/aromatic N) is 4. The first-order chi connectivity index (χ1) is 12.2. The van der Waals surface area contributed by atoms with Crippen LogP contribution < -0.4 is 4.90 Å². The normalized spacial score (nSPS) is 20.0. The van der Waals surface area contributed by atoms with Gasteiger partial charge < -0.3 is 14.5 Å². The number of carbonyl (C=O) groups excluding carboxylic acids is 1. The van der Waals surface area contributed by atoms with E-state index >= 15 is 0 Å². The van der Waals surface area contributed by atoms with E-state index in [1.165, 1.54) is 10.4 Å². The van der Waals surface area contributed by atoms with Gasteiger partial charge in [0.05, 0.1) is 25.0 Å². The summed E-state index contributed by atoms with van der Waals surface area (Å²) in [6.07, 6.45) is 2.16. The summed E-state index contributed by atoms with van der Waals surface area (Å²) in [6.45, 7) is 3.17. The van der Waals surface area contributed by atoms with Crippen molar-refractivity contribution in [2.75, 3.05) is 31.1 Å². The zero-order valence-electron chi connectivity index (χ0n) is 13.7. The van der Waals surface area contributed by atoms with Gasteiger partial charge >= 0.3 is 0 Å². The van der Waals surface area contributed by atoms with E-state index in [4.69, 9.17) is 10.00 Å². The second-order valence-corrected chi connectivity index (χ2v) is 7.20. The van der Waals surface area contributed by atoms with E-state index in [0.29, 0.717) is 31.9 Å². The van der Waals surface area contributed by atoms with Gasteiger partial charge in [0.1, 0.15) is 11.8 Å². The molecule has 0 spiro atoms. The number of nitriles is 1. The van der Waals surface area contributed by atoms with Crippen LogP contribution in [-0.4, -0.2) is 48.1 Å². The van der Waals surface area contributed by atoms with E-state index in [1.54, 1.807) is 23.6 Å². The first-order valence-electron chi connectivity index (χ1n) is 8.31. The molecule has 0 saturated carbocycles. The monoisotopic (exact) mass is 354 g/mol. The maximum Gasteiger partial charge on any atom is 0.253 e. The molecule has 2 aromatic heterocycles. The van der Waals surface area contributed by atoms with Crippen LogP contribution in [-0.2, 0) is 22.5 Å². The Labute approximate surface area is 150 Å². The Bertz CT molecular complexity index is 811. The summed E-state index contributed by atoms with van der Waals surface area (Å²) in [5.74, 6) is 0.0585. The van der Waals surface area contributed by atoms with Crippen molar-refractivity contribution >= 4 is 22.9 Å². The Morgan fingerprint density at radius 3 is 3.08 bits per heavy atom. The van der Waals surface area contributed by atoms with Gasteiger partial charge in [0.25, 0.3) is 5.91 Å². The number of rotatable bonds is 2. The summed E-state index contributed by atoms with van der Waals surface area (Å²) in [7, 11) is 0. The molecule has 0 radical (unpaired) electrons. The minimum Gasteiger partial charge on any atom is -0.365 e. The van der Waals surface area contributed by atoms with Gasteiger partial charge in [0.2, 0.25) is 0 Å². The second kappa shape index (κ2) is 6.82. The highest BCUT2D eigenvalue weighted by Gasteiger charge is 2.32. The fraction of sp³-hybridized carbons (Fsp3) is 0.389. The summed E-state index contributed by atoms with van der Waals surface area (Å²) in [4.78, 5) is 22.4. The number of morpholine rings is 1. The lowest BCUT2D eigenvalue weighted by atomic mass is 10.1. The van der Waals surface area contributed by atoms with Gasteiger partial charge in [-0.05, 0) is 35.6 Å². The van der Waals surface area contributed by atoms with Crippen molar-refractivity contribution in [1.82, 2.24) is 9.88 Å². The summed E-state index contributed by atoms with van der Waals surface area (Å²) >= 11 is 1.77. The number of hydrogen-bond acceptors (Lipinski definition) is 6. The van der Waals surface area contributed by atoms with Crippen LogP contribution >= 0.6 is 11.3 Å². The van der Waals surface area contributed by atoms with Gasteiger partial charge in [0.15, 0.2) is 6.10 Å². The Hall–Kier alpha value is -2.43. The van der Waals surface area contributed by atoms with E-state index in [2.05, 4.69) is 21.3 Å². The van der Waals surface area contributed by atoms with Crippen LogP contribution in [0.1, 0.15) is 16.1 Å². The number of anilines is 1. The van der Waals surface area contributed by atoms with E-state index in [9.17, 15) is 4.79 Å². The molecular weight excluding hydrogens is 336 g/mol. The highest BCUT2D eigenvalue weighted by atomic mass is 32.1. The number of thiophene rings is 1. The minimum atomic E-state index is -0.454. The van der Waals surface area contributed by atoms with Gasteiger partial charge in [-0.1, -0.05) is 0 Å². The van der Waals surface area contributed by atoms with Gasteiger partial charge in [-0.2, -0.15) is 5.26 Å². The topological polar surface area (TPSA) is 69.5 Å². The van der Waals surface area contributed by atoms with Crippen LogP contribution in [0.3, 0.4) is 0 Å². The quantitative estimate of drug-likeness (QED) is 0.823. The van der Waals surface area contributed by atoms with Crippen LogP contribution in [0.5, 0.6) is 0 Å². The van der Waals surface area contributed by atoms with Crippen molar-refractivity contribution in [3.8, 4) is 6.07 Å². The molecule has 128 valence electrons. The molecule has 0 N–H and O–H groups in total. The standard InChI is InChI=1S/C18H18N4O2S/c19-9-14-1-2-15(10-20-14)21-6-7-24-16(12-21)18(23)22-5-3-17-13(11-22)4-8-25-17/h1-2,4,8,10,16H,3,5-7,11-12H2. The minimum absolute atomic E-state index is 0.0585. The number of fused-ring (bicyclic) bond motifs is 1. The summed E-state index contributed by atoms with van der Waals surface area (Å²) in [5.41, 5.74) is 2.57. The predicted molar refractivity (Wildman–Crippen MR) is 94.3 cm³/mol. The lowest BCUT2D eigenvalue weighted by Crippen LogP contribution is -2.52. The molecule has 1 fully saturated rings. The third-order valence-electron chi connectivity index (χ3n) is 4.69. The summed E-state index contributed by atoms with van der Waals surface area (Å²) < 4.78 is 5.76. The van der Waals surface area contributed by atoms with Gasteiger partial charge in [-0.3, -0.25) is 4.79 Å². The Balaban J connectivity index is 1.44. The van der Waals surface area contributed by atoms with Crippen molar-refractivity contribution in [3.63, 3.8) is 0 Å². The van der Waals surface area contributed by atoms with E-state index in [0.717, 1.165) is 18.7 Å². The van der Waals surface area contributed by atoms with Crippen LogP contribution in [0.4, 0.5) is 5.69 Å². The molecule has 4 heterocycles. The average molecular weight is 354 g/mol. The summed E-state index contributed by atoms with van der Waals surface area (Å²) in [5, 5.41) is 10.9. The first-order valence-corrected chi connectivity index (χ1v) is 9.19. The molecule has 0 aliphatic carbocycles. The fourth-order valence-electron chi connectivity index (χ4n) is 3.31. The Morgan fingerprint density at radius 2 is 2.28 bits per heavy atom. The number of pyridine rings is 1. The molecule has 7 heteroatoms. The van der Waals surface area contributed by atoms with Crippen LogP contribution in [0.25, 0.3) is 0 Å². The van der Waals surface area contributed by atoms with Crippen molar-refractivity contribution < 1.29 is 9.53 Å². The lowest BCUT2D eigenvalue weighted by Gasteiger charge is -2.37. The van der Waals surface area contributed by atoms with Gasteiger partial charge in [-0.15, -0.1) is 11.3 Å². The third kappa shape index (κ3) is 3.23. The molecule has 0 aromatic carbocycles. The Morgan fingerprint density at radius 1 is 1.36 bits per heavy atom. The van der Waals surface area contributed by atoms with Crippen molar-refractivity contribution in [2.24, 2.45) is 0 Å². The number of aromatic nitrogens is 1. The van der Waals surface area contributed by atoms with Crippen LogP contribution in [0.2, 0.25) is 0 Å². The number of carbonyl (C=O) groups is 1. The largest absolute Gasteiger partial charge is 0.365 e. The Kier molecular flexibility index (Phi) is 4.38. The molecule has 2 aliphatic heterocycles. The third-order valence-corrected chi connectivity index (χ3v) is 5.71. The zero-order valence-corrected chi connectivity index (χ0v) is 14.5. The molecule has 1 unspecified atom stereocenters. The van der Waals surface area contributed by atoms with Crippen molar-refractivity contribution in [2.45, 2.75) is 19.1 Å². The highest BCUT2D eigenvalue weighted by molar-refractivity contribution is 7.10. The molecule has 1 saturated heterocycles. The molecule has 6 nitrogen and oxygen atoms in total. The SMILES string of the molecule is N#Cc1ccc(N2CCOC(C(=O)N3CCc4sccc4C3)C2)cn1. The van der Waals surface area contributed by atoms with Crippen LogP contribution in [0, 0.1) is 11.3 Å². The lowest BCUT2D eigenvalue weighted by molar-refractivity contribution is -0.145. The number of ether oxygens (including phenoxy) is 1. The predicted octanol–water partition coefficient (Wildman–Crippen LogP) is 1.80. The molecule has 1 atom stereocenters.